The molecule has 3 amide bonds. The highest BCUT2D eigenvalue weighted by atomic mass is 19.2. The molecule has 1 saturated carbocycles. The van der Waals surface area contributed by atoms with E-state index in [0.29, 0.717) is 30.5 Å². The molecule has 8 nitrogen and oxygen atoms in total. The van der Waals surface area contributed by atoms with Crippen molar-refractivity contribution in [3.63, 3.8) is 0 Å². The van der Waals surface area contributed by atoms with Crippen LogP contribution in [0.5, 0.6) is 0 Å². The first-order chi connectivity index (χ1) is 17.9. The Labute approximate surface area is 221 Å². The fourth-order valence-electron chi connectivity index (χ4n) is 5.96. The topological polar surface area (TPSA) is 93.0 Å². The fraction of sp³-hybridized carbons (Fsp3) is 0.667. The zero-order valence-electron chi connectivity index (χ0n) is 22.1. The van der Waals surface area contributed by atoms with E-state index in [2.05, 4.69) is 5.32 Å². The Hall–Kier alpha value is -2.66. The SMILES string of the molecule is CC(C)(C)[C@H](NC(=O)[C@H](CC1CCCC1)CN(O)C=O)C(=O)N1C[C@@H]2[C@H](C1)N2Cc1c(F)ccc(F)c1F. The van der Waals surface area contributed by atoms with Gasteiger partial charge in [0.1, 0.15) is 11.9 Å². The number of nitrogens with one attached hydrogen (secondary N) is 1. The van der Waals surface area contributed by atoms with Crippen molar-refractivity contribution >= 4 is 18.2 Å². The van der Waals surface area contributed by atoms with Gasteiger partial charge in [-0.3, -0.25) is 24.5 Å². The molecule has 4 rings (SSSR count). The molecule has 38 heavy (non-hydrogen) atoms. The Morgan fingerprint density at radius 3 is 2.32 bits per heavy atom. The van der Waals surface area contributed by atoms with Gasteiger partial charge in [-0.15, -0.1) is 0 Å². The molecule has 3 fully saturated rings. The Morgan fingerprint density at radius 1 is 1.13 bits per heavy atom. The second-order valence-electron chi connectivity index (χ2n) is 12.0. The van der Waals surface area contributed by atoms with Gasteiger partial charge in [-0.05, 0) is 29.9 Å². The number of hydrogen-bond acceptors (Lipinski definition) is 5. The molecule has 3 aliphatic rings. The summed E-state index contributed by atoms with van der Waals surface area (Å²) in [5.41, 5.74) is -0.937. The lowest BCUT2D eigenvalue weighted by Gasteiger charge is -2.35. The molecule has 2 N–H and O–H groups in total. The number of nitrogens with zero attached hydrogens (tertiary/aromatic N) is 3. The maximum atomic E-state index is 14.1. The normalized spacial score (nSPS) is 24.6. The quantitative estimate of drug-likeness (QED) is 0.157. The number of carbonyl (C=O) groups excluding carboxylic acids is 3. The van der Waals surface area contributed by atoms with Crippen LogP contribution in [-0.4, -0.2) is 76.1 Å². The summed E-state index contributed by atoms with van der Waals surface area (Å²) in [6.45, 7) is 6.01. The molecule has 2 aliphatic heterocycles. The van der Waals surface area contributed by atoms with Gasteiger partial charge in [0.15, 0.2) is 11.6 Å². The Kier molecular flexibility index (Phi) is 8.37. The molecule has 0 radical (unpaired) electrons. The lowest BCUT2D eigenvalue weighted by atomic mass is 9.84. The van der Waals surface area contributed by atoms with Crippen molar-refractivity contribution in [2.24, 2.45) is 17.3 Å². The maximum absolute atomic E-state index is 14.1. The molecule has 0 bridgehead atoms. The Bertz CT molecular complexity index is 1050. The third-order valence-corrected chi connectivity index (χ3v) is 8.20. The summed E-state index contributed by atoms with van der Waals surface area (Å²) in [5.74, 6) is -4.05. The van der Waals surface area contributed by atoms with Gasteiger partial charge in [-0.25, -0.2) is 18.2 Å². The van der Waals surface area contributed by atoms with Crippen LogP contribution in [0, 0.1) is 34.7 Å². The average molecular weight is 539 g/mol. The third kappa shape index (κ3) is 6.14. The van der Waals surface area contributed by atoms with Gasteiger partial charge in [0.2, 0.25) is 18.2 Å². The number of fused-ring (bicyclic) bond motifs is 1. The first-order valence-corrected chi connectivity index (χ1v) is 13.3. The van der Waals surface area contributed by atoms with Crippen LogP contribution in [0.3, 0.4) is 0 Å². The van der Waals surface area contributed by atoms with Crippen molar-refractivity contribution in [2.75, 3.05) is 19.6 Å². The van der Waals surface area contributed by atoms with Gasteiger partial charge >= 0.3 is 0 Å². The summed E-state index contributed by atoms with van der Waals surface area (Å²) in [6.07, 6.45) is 4.96. The van der Waals surface area contributed by atoms with Crippen molar-refractivity contribution in [3.8, 4) is 0 Å². The standard InChI is InChI=1S/C27H37F3N4O4/c1-27(2,3)24(31-25(36)17(11-33(38)15-35)10-16-6-4-5-7-16)26(37)32-13-21-22(14-32)34(21)12-18-19(28)8-9-20(29)23(18)30/h8-9,15-17,21-22,24,38H,4-7,10-14H2,1-3H3,(H,31,36)/t17-,21-,22+,24-,34?/m1/s1. The number of hydroxylamine groups is 2. The monoisotopic (exact) mass is 538 g/mol. The van der Waals surface area contributed by atoms with Gasteiger partial charge < -0.3 is 10.2 Å². The summed E-state index contributed by atoms with van der Waals surface area (Å²) in [6, 6.07) is 0.637. The number of amides is 3. The second-order valence-corrected chi connectivity index (χ2v) is 12.0. The van der Waals surface area contributed by atoms with Gasteiger partial charge in [-0.1, -0.05) is 46.5 Å². The van der Waals surface area contributed by atoms with Crippen molar-refractivity contribution in [2.45, 2.75) is 77.5 Å². The number of hydrogen-bond donors (Lipinski definition) is 2. The molecule has 2 saturated heterocycles. The minimum atomic E-state index is -1.19. The number of halogens is 3. The van der Waals surface area contributed by atoms with Crippen LogP contribution in [0.1, 0.15) is 58.4 Å². The summed E-state index contributed by atoms with van der Waals surface area (Å²) in [7, 11) is 0. The van der Waals surface area contributed by atoms with Crippen LogP contribution >= 0.6 is 0 Å². The number of rotatable bonds is 10. The minimum absolute atomic E-state index is 0.0799. The highest BCUT2D eigenvalue weighted by molar-refractivity contribution is 5.89. The van der Waals surface area contributed by atoms with Crippen LogP contribution in [0.15, 0.2) is 12.1 Å². The van der Waals surface area contributed by atoms with Crippen molar-refractivity contribution in [3.05, 3.63) is 35.1 Å². The number of carbonyl (C=O) groups is 3. The predicted octanol–water partition coefficient (Wildman–Crippen LogP) is 3.07. The number of likely N-dealkylation sites (tertiary alicyclic amines) is 1. The Morgan fingerprint density at radius 2 is 1.74 bits per heavy atom. The first-order valence-electron chi connectivity index (χ1n) is 13.3. The van der Waals surface area contributed by atoms with Gasteiger partial charge in [-0.2, -0.15) is 0 Å². The van der Waals surface area contributed by atoms with Gasteiger partial charge in [0.25, 0.3) is 0 Å². The highest BCUT2D eigenvalue weighted by Crippen LogP contribution is 2.39. The molecule has 1 aliphatic carbocycles. The fourth-order valence-corrected chi connectivity index (χ4v) is 5.96. The number of piperazine rings is 1. The molecular weight excluding hydrogens is 501 g/mol. The number of benzene rings is 1. The molecular formula is C27H37F3N4O4. The van der Waals surface area contributed by atoms with Crippen LogP contribution in [0.2, 0.25) is 0 Å². The van der Waals surface area contributed by atoms with E-state index in [0.717, 1.165) is 37.8 Å². The van der Waals surface area contributed by atoms with Crippen LogP contribution in [0.25, 0.3) is 0 Å². The van der Waals surface area contributed by atoms with Gasteiger partial charge in [0.05, 0.1) is 12.5 Å². The third-order valence-electron chi connectivity index (χ3n) is 8.20. The lowest BCUT2D eigenvalue weighted by molar-refractivity contribution is -0.156. The van der Waals surface area contributed by atoms with E-state index >= 15 is 0 Å². The highest BCUT2D eigenvalue weighted by Gasteiger charge is 2.56. The summed E-state index contributed by atoms with van der Waals surface area (Å²) >= 11 is 0. The molecule has 1 aromatic rings. The minimum Gasteiger partial charge on any atom is -0.344 e. The summed E-state index contributed by atoms with van der Waals surface area (Å²) < 4.78 is 41.7. The van der Waals surface area contributed by atoms with Crippen LogP contribution in [-0.2, 0) is 20.9 Å². The lowest BCUT2D eigenvalue weighted by Crippen LogP contribution is -2.56. The van der Waals surface area contributed by atoms with Gasteiger partial charge in [0, 0.05) is 37.3 Å². The molecule has 5 atom stereocenters. The van der Waals surface area contributed by atoms with E-state index < -0.39 is 34.8 Å². The summed E-state index contributed by atoms with van der Waals surface area (Å²) in [4.78, 5) is 41.4. The zero-order valence-corrected chi connectivity index (χ0v) is 22.1. The molecule has 210 valence electrons. The van der Waals surface area contributed by atoms with E-state index in [1.807, 2.05) is 25.7 Å². The molecule has 0 aromatic heterocycles. The van der Waals surface area contributed by atoms with Crippen molar-refractivity contribution < 1.29 is 32.8 Å². The van der Waals surface area contributed by atoms with Crippen LogP contribution < -0.4 is 5.32 Å². The zero-order chi connectivity index (χ0) is 27.8. The largest absolute Gasteiger partial charge is 0.344 e. The molecule has 11 heteroatoms. The van der Waals surface area contributed by atoms with Crippen LogP contribution in [0.4, 0.5) is 13.2 Å². The van der Waals surface area contributed by atoms with E-state index in [1.54, 1.807) is 4.90 Å². The smallest absolute Gasteiger partial charge is 0.245 e. The van der Waals surface area contributed by atoms with Crippen molar-refractivity contribution in [1.82, 2.24) is 20.2 Å². The molecule has 1 aromatic carbocycles. The van der Waals surface area contributed by atoms with E-state index in [9.17, 15) is 32.8 Å². The molecule has 0 spiro atoms. The second kappa shape index (κ2) is 11.2. The first kappa shape index (κ1) is 28.4. The van der Waals surface area contributed by atoms with E-state index in [1.165, 1.54) is 0 Å². The van der Waals surface area contributed by atoms with E-state index in [4.69, 9.17) is 0 Å². The van der Waals surface area contributed by atoms with Crippen molar-refractivity contribution in [1.29, 1.82) is 0 Å². The average Bonchev–Trinajstić information content (AvgIpc) is 3.24. The molecule has 1 unspecified atom stereocenters. The molecule has 2 heterocycles. The van der Waals surface area contributed by atoms with E-state index in [-0.39, 0.29) is 49.0 Å². The summed E-state index contributed by atoms with van der Waals surface area (Å²) in [5, 5.41) is 13.2. The maximum Gasteiger partial charge on any atom is 0.245 e. The Balaban J connectivity index is 1.39. The predicted molar refractivity (Wildman–Crippen MR) is 132 cm³/mol.